The van der Waals surface area contributed by atoms with Crippen molar-refractivity contribution < 1.29 is 18.7 Å². The van der Waals surface area contributed by atoms with E-state index in [1.54, 1.807) is 37.3 Å². The van der Waals surface area contributed by atoms with Gasteiger partial charge in [0.2, 0.25) is 5.76 Å². The van der Waals surface area contributed by atoms with Gasteiger partial charge in [-0.1, -0.05) is 29.8 Å². The largest absolute Gasteiger partial charge is 0.460 e. The molecule has 0 fully saturated rings. The fourth-order valence-corrected chi connectivity index (χ4v) is 2.40. The highest BCUT2D eigenvalue weighted by molar-refractivity contribution is 6.13. The molecule has 5 nitrogen and oxygen atoms in total. The summed E-state index contributed by atoms with van der Waals surface area (Å²) in [5.74, 6) is -0.918. The van der Waals surface area contributed by atoms with Crippen LogP contribution in [-0.4, -0.2) is 18.5 Å². The summed E-state index contributed by atoms with van der Waals surface area (Å²) >= 11 is 0. The molecule has 0 bridgehead atoms. The van der Waals surface area contributed by atoms with Gasteiger partial charge in [0.05, 0.1) is 6.61 Å². The lowest BCUT2D eigenvalue weighted by Gasteiger charge is -2.06. The maximum absolute atomic E-state index is 12.5. The summed E-state index contributed by atoms with van der Waals surface area (Å²) < 4.78 is 10.6. The van der Waals surface area contributed by atoms with E-state index in [-0.39, 0.29) is 18.3 Å². The van der Waals surface area contributed by atoms with E-state index in [9.17, 15) is 9.59 Å². The Hall–Kier alpha value is -3.08. The lowest BCUT2D eigenvalue weighted by molar-refractivity contribution is 0.0494. The average molecular weight is 323 g/mol. The van der Waals surface area contributed by atoms with Gasteiger partial charge in [-0.3, -0.25) is 4.79 Å². The summed E-state index contributed by atoms with van der Waals surface area (Å²) in [7, 11) is 0. The SMILES string of the molecule is CCOC(=O)c1oc2ccccc2c1NC(=O)c1ccc(C)cc1. The highest BCUT2D eigenvalue weighted by Gasteiger charge is 2.23. The molecule has 1 heterocycles. The minimum Gasteiger partial charge on any atom is -0.460 e. The van der Waals surface area contributed by atoms with Crippen LogP contribution in [-0.2, 0) is 4.74 Å². The fourth-order valence-electron chi connectivity index (χ4n) is 2.40. The summed E-state index contributed by atoms with van der Waals surface area (Å²) in [6.07, 6.45) is 0. The van der Waals surface area contributed by atoms with E-state index in [0.717, 1.165) is 5.56 Å². The van der Waals surface area contributed by atoms with Gasteiger partial charge in [0, 0.05) is 10.9 Å². The molecule has 0 aliphatic carbocycles. The number of hydrogen-bond donors (Lipinski definition) is 1. The van der Waals surface area contributed by atoms with Gasteiger partial charge in [0.25, 0.3) is 5.91 Å². The maximum atomic E-state index is 12.5. The standard InChI is InChI=1S/C19H17NO4/c1-3-23-19(22)17-16(14-6-4-5-7-15(14)24-17)20-18(21)13-10-8-12(2)9-11-13/h4-11H,3H2,1-2H3,(H,20,21). The Morgan fingerprint density at radius 3 is 2.50 bits per heavy atom. The van der Waals surface area contributed by atoms with Crippen molar-refractivity contribution >= 4 is 28.5 Å². The quantitative estimate of drug-likeness (QED) is 0.732. The molecule has 3 rings (SSSR count). The number of furan rings is 1. The molecule has 0 saturated heterocycles. The molecule has 0 aliphatic rings. The smallest absolute Gasteiger partial charge is 0.376 e. The Morgan fingerprint density at radius 2 is 1.79 bits per heavy atom. The van der Waals surface area contributed by atoms with Crippen LogP contribution < -0.4 is 5.32 Å². The van der Waals surface area contributed by atoms with Crippen LogP contribution in [0.3, 0.4) is 0 Å². The summed E-state index contributed by atoms with van der Waals surface area (Å²) in [6, 6.07) is 14.3. The molecule has 0 atom stereocenters. The third kappa shape index (κ3) is 3.01. The minimum absolute atomic E-state index is 0.00138. The molecule has 5 heteroatoms. The van der Waals surface area contributed by atoms with E-state index in [4.69, 9.17) is 9.15 Å². The predicted octanol–water partition coefficient (Wildman–Crippen LogP) is 4.17. The van der Waals surface area contributed by atoms with Crippen LogP contribution in [0.5, 0.6) is 0 Å². The zero-order valence-corrected chi connectivity index (χ0v) is 13.5. The molecule has 0 saturated carbocycles. The van der Waals surface area contributed by atoms with Crippen molar-refractivity contribution in [3.05, 3.63) is 65.4 Å². The van der Waals surface area contributed by atoms with Crippen molar-refractivity contribution in [2.24, 2.45) is 0 Å². The number of benzene rings is 2. The van der Waals surface area contributed by atoms with E-state index in [0.29, 0.717) is 22.2 Å². The zero-order valence-electron chi connectivity index (χ0n) is 13.5. The number of ether oxygens (including phenoxy) is 1. The van der Waals surface area contributed by atoms with Crippen LogP contribution >= 0.6 is 0 Å². The van der Waals surface area contributed by atoms with Gasteiger partial charge in [-0.25, -0.2) is 4.79 Å². The molecule has 2 aromatic carbocycles. The number of fused-ring (bicyclic) bond motifs is 1. The van der Waals surface area contributed by atoms with Crippen molar-refractivity contribution in [1.29, 1.82) is 0 Å². The number of carbonyl (C=O) groups is 2. The molecule has 1 amide bonds. The Balaban J connectivity index is 2.00. The summed E-state index contributed by atoms with van der Waals surface area (Å²) in [6.45, 7) is 3.89. The minimum atomic E-state index is -0.604. The second kappa shape index (κ2) is 6.58. The molecule has 1 aromatic heterocycles. The van der Waals surface area contributed by atoms with E-state index in [1.807, 2.05) is 25.1 Å². The summed E-state index contributed by atoms with van der Waals surface area (Å²) in [5, 5.41) is 3.43. The van der Waals surface area contributed by atoms with Gasteiger partial charge >= 0.3 is 5.97 Å². The average Bonchev–Trinajstić information content (AvgIpc) is 2.94. The Labute approximate surface area is 139 Å². The molecular formula is C19H17NO4. The number of para-hydroxylation sites is 1. The molecular weight excluding hydrogens is 306 g/mol. The van der Waals surface area contributed by atoms with Crippen LogP contribution in [0.2, 0.25) is 0 Å². The molecule has 3 aromatic rings. The third-order valence-electron chi connectivity index (χ3n) is 3.61. The van der Waals surface area contributed by atoms with E-state index in [2.05, 4.69) is 5.32 Å². The summed E-state index contributed by atoms with van der Waals surface area (Å²) in [4.78, 5) is 24.6. The number of aryl methyl sites for hydroxylation is 1. The van der Waals surface area contributed by atoms with Crippen molar-refractivity contribution in [2.45, 2.75) is 13.8 Å². The summed E-state index contributed by atoms with van der Waals surface area (Å²) in [5.41, 5.74) is 2.41. The predicted molar refractivity (Wildman–Crippen MR) is 91.3 cm³/mol. The van der Waals surface area contributed by atoms with E-state index < -0.39 is 5.97 Å². The third-order valence-corrected chi connectivity index (χ3v) is 3.61. The Bertz CT molecular complexity index is 893. The maximum Gasteiger partial charge on any atom is 0.376 e. The highest BCUT2D eigenvalue weighted by atomic mass is 16.5. The first-order valence-corrected chi connectivity index (χ1v) is 7.67. The number of anilines is 1. The normalized spacial score (nSPS) is 10.6. The molecule has 0 unspecified atom stereocenters. The zero-order chi connectivity index (χ0) is 17.1. The number of amides is 1. The van der Waals surface area contributed by atoms with Gasteiger partial charge in [0.1, 0.15) is 11.3 Å². The lowest BCUT2D eigenvalue weighted by atomic mass is 10.1. The second-order valence-corrected chi connectivity index (χ2v) is 5.34. The monoisotopic (exact) mass is 323 g/mol. The number of hydrogen-bond acceptors (Lipinski definition) is 4. The Kier molecular flexibility index (Phi) is 4.33. The first-order chi connectivity index (χ1) is 11.6. The fraction of sp³-hybridized carbons (Fsp3) is 0.158. The van der Waals surface area contributed by atoms with Gasteiger partial charge in [-0.2, -0.15) is 0 Å². The molecule has 122 valence electrons. The second-order valence-electron chi connectivity index (χ2n) is 5.34. The Morgan fingerprint density at radius 1 is 1.08 bits per heavy atom. The van der Waals surface area contributed by atoms with Gasteiger partial charge < -0.3 is 14.5 Å². The number of rotatable bonds is 4. The van der Waals surface area contributed by atoms with Crippen molar-refractivity contribution in [3.63, 3.8) is 0 Å². The van der Waals surface area contributed by atoms with Crippen LogP contribution in [0, 0.1) is 6.92 Å². The van der Waals surface area contributed by atoms with Crippen molar-refractivity contribution in [3.8, 4) is 0 Å². The van der Waals surface area contributed by atoms with Crippen molar-refractivity contribution in [2.75, 3.05) is 11.9 Å². The van der Waals surface area contributed by atoms with Gasteiger partial charge in [-0.05, 0) is 38.1 Å². The topological polar surface area (TPSA) is 68.5 Å². The number of nitrogens with one attached hydrogen (secondary N) is 1. The number of carbonyl (C=O) groups excluding carboxylic acids is 2. The lowest BCUT2D eigenvalue weighted by Crippen LogP contribution is -2.14. The van der Waals surface area contributed by atoms with Crippen LogP contribution in [0.25, 0.3) is 11.0 Å². The van der Waals surface area contributed by atoms with Crippen LogP contribution in [0.15, 0.2) is 52.9 Å². The van der Waals surface area contributed by atoms with Crippen LogP contribution in [0.1, 0.15) is 33.4 Å². The number of esters is 1. The van der Waals surface area contributed by atoms with Gasteiger partial charge in [0.15, 0.2) is 0 Å². The van der Waals surface area contributed by atoms with E-state index >= 15 is 0 Å². The first-order valence-electron chi connectivity index (χ1n) is 7.67. The highest BCUT2D eigenvalue weighted by Crippen LogP contribution is 2.31. The molecule has 0 radical (unpaired) electrons. The van der Waals surface area contributed by atoms with Crippen LogP contribution in [0.4, 0.5) is 5.69 Å². The first kappa shape index (κ1) is 15.8. The van der Waals surface area contributed by atoms with Gasteiger partial charge in [-0.15, -0.1) is 0 Å². The molecule has 0 aliphatic heterocycles. The van der Waals surface area contributed by atoms with E-state index in [1.165, 1.54) is 0 Å². The molecule has 0 spiro atoms. The van der Waals surface area contributed by atoms with Crippen molar-refractivity contribution in [1.82, 2.24) is 0 Å². The molecule has 24 heavy (non-hydrogen) atoms. The molecule has 1 N–H and O–H groups in total.